The molecule has 22 heavy (non-hydrogen) atoms. The molecule has 0 saturated heterocycles. The van der Waals surface area contributed by atoms with E-state index in [9.17, 15) is 4.79 Å². The Kier molecular flexibility index (Phi) is 7.36. The topological polar surface area (TPSA) is 41.6 Å². The molecule has 0 radical (unpaired) electrons. The number of ether oxygens (including phenoxy) is 1. The maximum atomic E-state index is 11.9. The van der Waals surface area contributed by atoms with Crippen LogP contribution < -0.4 is 5.32 Å². The van der Waals surface area contributed by atoms with Crippen LogP contribution in [0.2, 0.25) is 0 Å². The zero-order chi connectivity index (χ0) is 16.8. The number of nitrogens with one attached hydrogen (secondary N) is 1. The fourth-order valence-corrected chi connectivity index (χ4v) is 2.15. The molecule has 1 rings (SSSR count). The van der Waals surface area contributed by atoms with E-state index in [1.807, 2.05) is 47.0 Å². The Balaban J connectivity index is 2.54. The lowest BCUT2D eigenvalue weighted by molar-refractivity contribution is 0.0352. The van der Waals surface area contributed by atoms with Crippen LogP contribution in [0.3, 0.4) is 0 Å². The molecule has 124 valence electrons. The van der Waals surface area contributed by atoms with Crippen molar-refractivity contribution in [2.24, 2.45) is 0 Å². The summed E-state index contributed by atoms with van der Waals surface area (Å²) in [5.41, 5.74) is 0.814. The van der Waals surface area contributed by atoms with E-state index in [0.717, 1.165) is 17.3 Å². The predicted molar refractivity (Wildman–Crippen MR) is 94.2 cm³/mol. The Morgan fingerprint density at radius 3 is 2.41 bits per heavy atom. The van der Waals surface area contributed by atoms with Crippen LogP contribution in [-0.2, 0) is 11.2 Å². The molecular formula is C17H27BrN2O2. The van der Waals surface area contributed by atoms with Crippen LogP contribution in [-0.4, -0.2) is 43.3 Å². The third-order valence-electron chi connectivity index (χ3n) is 3.82. The second-order valence-electron chi connectivity index (χ2n) is 6.33. The lowest BCUT2D eigenvalue weighted by Crippen LogP contribution is -2.43. The highest BCUT2D eigenvalue weighted by atomic mass is 79.9. The van der Waals surface area contributed by atoms with Crippen LogP contribution >= 0.6 is 15.9 Å². The van der Waals surface area contributed by atoms with E-state index in [-0.39, 0.29) is 12.1 Å². The lowest BCUT2D eigenvalue weighted by atomic mass is 10.1. The standard InChI is InChI=1S/C17H27BrN2O2/c1-6-17(2,3)22-16(21)19-12-15(20(4)5)11-13-7-9-14(18)10-8-13/h7-10,15H,6,11-12H2,1-5H3,(H,19,21)/t15-/m0/s1. The van der Waals surface area contributed by atoms with Crippen LogP contribution in [0.25, 0.3) is 0 Å². The number of amides is 1. The van der Waals surface area contributed by atoms with Gasteiger partial charge in [0.2, 0.25) is 0 Å². The van der Waals surface area contributed by atoms with Crippen molar-refractivity contribution in [2.45, 2.75) is 45.3 Å². The maximum Gasteiger partial charge on any atom is 0.407 e. The molecule has 0 spiro atoms. The van der Waals surface area contributed by atoms with Gasteiger partial charge in [-0.25, -0.2) is 4.79 Å². The van der Waals surface area contributed by atoms with Gasteiger partial charge in [-0.3, -0.25) is 0 Å². The van der Waals surface area contributed by atoms with Crippen molar-refractivity contribution in [1.82, 2.24) is 10.2 Å². The molecule has 0 bridgehead atoms. The fraction of sp³-hybridized carbons (Fsp3) is 0.588. The first-order valence-electron chi connectivity index (χ1n) is 7.61. The first-order chi connectivity index (χ1) is 10.2. The summed E-state index contributed by atoms with van der Waals surface area (Å²) >= 11 is 3.44. The molecule has 0 aliphatic carbocycles. The predicted octanol–water partition coefficient (Wildman–Crippen LogP) is 3.84. The molecule has 0 aliphatic rings. The Morgan fingerprint density at radius 2 is 1.91 bits per heavy atom. The number of halogens is 1. The average molecular weight is 371 g/mol. The first kappa shape index (κ1) is 19.0. The van der Waals surface area contributed by atoms with Crippen molar-refractivity contribution in [1.29, 1.82) is 0 Å². The molecule has 0 heterocycles. The molecule has 1 N–H and O–H groups in total. The zero-order valence-corrected chi connectivity index (χ0v) is 15.7. The maximum absolute atomic E-state index is 11.9. The van der Waals surface area contributed by atoms with Gasteiger partial charge in [0.05, 0.1) is 0 Å². The number of hydrogen-bond donors (Lipinski definition) is 1. The summed E-state index contributed by atoms with van der Waals surface area (Å²) in [4.78, 5) is 14.0. The van der Waals surface area contributed by atoms with Crippen molar-refractivity contribution in [3.63, 3.8) is 0 Å². The van der Waals surface area contributed by atoms with Gasteiger partial charge in [0.1, 0.15) is 5.60 Å². The normalized spacial score (nSPS) is 13.0. The van der Waals surface area contributed by atoms with E-state index in [4.69, 9.17) is 4.74 Å². The molecule has 4 nitrogen and oxygen atoms in total. The second-order valence-corrected chi connectivity index (χ2v) is 7.25. The Labute approximate surface area is 142 Å². The van der Waals surface area contributed by atoms with E-state index < -0.39 is 5.60 Å². The highest BCUT2D eigenvalue weighted by molar-refractivity contribution is 9.10. The van der Waals surface area contributed by atoms with Gasteiger partial charge in [0.25, 0.3) is 0 Å². The molecule has 1 atom stereocenters. The molecule has 0 aromatic heterocycles. The number of carbonyl (C=O) groups excluding carboxylic acids is 1. The van der Waals surface area contributed by atoms with E-state index in [1.165, 1.54) is 5.56 Å². The SMILES string of the molecule is CCC(C)(C)OC(=O)NC[C@H](Cc1ccc(Br)cc1)N(C)C. The molecule has 5 heteroatoms. The number of rotatable bonds is 7. The molecule has 0 unspecified atom stereocenters. The van der Waals surface area contributed by atoms with Gasteiger partial charge in [0.15, 0.2) is 0 Å². The zero-order valence-electron chi connectivity index (χ0n) is 14.1. The number of benzene rings is 1. The molecule has 0 fully saturated rings. The van der Waals surface area contributed by atoms with Crippen LogP contribution in [0.5, 0.6) is 0 Å². The van der Waals surface area contributed by atoms with E-state index in [0.29, 0.717) is 6.54 Å². The van der Waals surface area contributed by atoms with Crippen LogP contribution in [0, 0.1) is 0 Å². The van der Waals surface area contributed by atoms with Gasteiger partial charge >= 0.3 is 6.09 Å². The largest absolute Gasteiger partial charge is 0.444 e. The Hall–Kier alpha value is -1.07. The van der Waals surface area contributed by atoms with Gasteiger partial charge in [0, 0.05) is 17.1 Å². The minimum Gasteiger partial charge on any atom is -0.444 e. The van der Waals surface area contributed by atoms with Gasteiger partial charge < -0.3 is 15.0 Å². The molecule has 1 amide bonds. The van der Waals surface area contributed by atoms with Crippen LogP contribution in [0.15, 0.2) is 28.7 Å². The van der Waals surface area contributed by atoms with Gasteiger partial charge in [-0.2, -0.15) is 0 Å². The molecule has 0 saturated carbocycles. The fourth-order valence-electron chi connectivity index (χ4n) is 1.89. The van der Waals surface area contributed by atoms with Gasteiger partial charge in [-0.15, -0.1) is 0 Å². The summed E-state index contributed by atoms with van der Waals surface area (Å²) in [5.74, 6) is 0. The minimum absolute atomic E-state index is 0.221. The summed E-state index contributed by atoms with van der Waals surface area (Å²) < 4.78 is 6.48. The monoisotopic (exact) mass is 370 g/mol. The van der Waals surface area contributed by atoms with Crippen molar-refractivity contribution in [3.05, 3.63) is 34.3 Å². The Bertz CT molecular complexity index is 472. The summed E-state index contributed by atoms with van der Waals surface area (Å²) in [6.45, 7) is 6.39. The highest BCUT2D eigenvalue weighted by Gasteiger charge is 2.21. The van der Waals surface area contributed by atoms with E-state index in [2.05, 4.69) is 38.3 Å². The van der Waals surface area contributed by atoms with Crippen LogP contribution in [0.4, 0.5) is 4.79 Å². The summed E-state index contributed by atoms with van der Waals surface area (Å²) in [6, 6.07) is 8.48. The Morgan fingerprint density at radius 1 is 1.32 bits per heavy atom. The van der Waals surface area contributed by atoms with Crippen molar-refractivity contribution >= 4 is 22.0 Å². The quantitative estimate of drug-likeness (QED) is 0.792. The average Bonchev–Trinajstić information content (AvgIpc) is 2.44. The summed E-state index contributed by atoms with van der Waals surface area (Å²) in [6.07, 6.45) is 1.31. The third kappa shape index (κ3) is 6.79. The van der Waals surface area contributed by atoms with E-state index >= 15 is 0 Å². The molecular weight excluding hydrogens is 344 g/mol. The minimum atomic E-state index is -0.427. The van der Waals surface area contributed by atoms with Crippen LogP contribution in [0.1, 0.15) is 32.8 Å². The molecule has 0 aliphatic heterocycles. The number of carbonyl (C=O) groups is 1. The third-order valence-corrected chi connectivity index (χ3v) is 4.35. The second kappa shape index (κ2) is 8.53. The van der Waals surface area contributed by atoms with Crippen molar-refractivity contribution in [3.8, 4) is 0 Å². The molecule has 1 aromatic rings. The smallest absolute Gasteiger partial charge is 0.407 e. The van der Waals surface area contributed by atoms with Gasteiger partial charge in [-0.1, -0.05) is 35.0 Å². The summed E-state index contributed by atoms with van der Waals surface area (Å²) in [7, 11) is 4.04. The molecule has 1 aromatic carbocycles. The number of hydrogen-bond acceptors (Lipinski definition) is 3. The number of nitrogens with zero attached hydrogens (tertiary/aromatic N) is 1. The highest BCUT2D eigenvalue weighted by Crippen LogP contribution is 2.14. The van der Waals surface area contributed by atoms with E-state index in [1.54, 1.807) is 0 Å². The number of alkyl carbamates (subject to hydrolysis) is 1. The van der Waals surface area contributed by atoms with Crippen molar-refractivity contribution < 1.29 is 9.53 Å². The lowest BCUT2D eigenvalue weighted by Gasteiger charge is -2.27. The van der Waals surface area contributed by atoms with Crippen molar-refractivity contribution in [2.75, 3.05) is 20.6 Å². The number of likely N-dealkylation sites (N-methyl/N-ethyl adjacent to an activating group) is 1. The van der Waals surface area contributed by atoms with Gasteiger partial charge in [-0.05, 0) is 58.5 Å². The summed E-state index contributed by atoms with van der Waals surface area (Å²) in [5, 5.41) is 2.87. The first-order valence-corrected chi connectivity index (χ1v) is 8.40.